The molecule has 1 unspecified atom stereocenters. The van der Waals surface area contributed by atoms with E-state index in [0.29, 0.717) is 6.04 Å². The van der Waals surface area contributed by atoms with Crippen LogP contribution in [0.15, 0.2) is 18.2 Å². The molecule has 3 N–H and O–H groups in total. The third-order valence-corrected chi connectivity index (χ3v) is 2.86. The van der Waals surface area contributed by atoms with E-state index in [4.69, 9.17) is 5.73 Å². The van der Waals surface area contributed by atoms with Crippen molar-refractivity contribution in [2.45, 2.75) is 25.8 Å². The number of nitrogens with one attached hydrogen (secondary N) is 1. The lowest BCUT2D eigenvalue weighted by atomic mass is 10.1. The molecule has 0 amide bonds. The van der Waals surface area contributed by atoms with Crippen molar-refractivity contribution in [1.82, 2.24) is 5.32 Å². The van der Waals surface area contributed by atoms with Crippen LogP contribution >= 0.6 is 0 Å². The number of nitrogen functional groups attached to an aromatic ring is 1. The number of benzene rings is 1. The van der Waals surface area contributed by atoms with Crippen LogP contribution in [0.2, 0.25) is 0 Å². The Kier molecular flexibility index (Phi) is 2.94. The monoisotopic (exact) mass is 200 g/mol. The van der Waals surface area contributed by atoms with Crippen LogP contribution in [0.5, 0.6) is 0 Å². The zero-order valence-electron chi connectivity index (χ0n) is 9.01. The maximum absolute atomic E-state index is 5.76. The summed E-state index contributed by atoms with van der Waals surface area (Å²) in [7, 11) is 0. The Balaban J connectivity index is 2.10. The van der Waals surface area contributed by atoms with Gasteiger partial charge in [0.25, 0.3) is 0 Å². The average Bonchev–Trinajstić information content (AvgIpc) is 2.61. The highest BCUT2D eigenvalue weighted by Crippen LogP contribution is 2.31. The summed E-state index contributed by atoms with van der Waals surface area (Å²) in [4.78, 5) is 0. The Hall–Kier alpha value is -1.46. The molecule has 1 atom stereocenters. The van der Waals surface area contributed by atoms with Gasteiger partial charge in [0.05, 0.1) is 6.54 Å². The quantitative estimate of drug-likeness (QED) is 0.565. The fraction of sp³-hybridized carbons (Fsp3) is 0.385. The van der Waals surface area contributed by atoms with E-state index in [2.05, 4.69) is 29.3 Å². The average molecular weight is 200 g/mol. The fourth-order valence-corrected chi connectivity index (χ4v) is 2.11. The first-order valence-corrected chi connectivity index (χ1v) is 5.32. The number of hydrogen-bond donors (Lipinski definition) is 2. The molecule has 15 heavy (non-hydrogen) atoms. The molecular weight excluding hydrogens is 184 g/mol. The SMILES string of the molecule is CC#CCNC1CCc2cc(N)ccc21. The highest BCUT2D eigenvalue weighted by atomic mass is 14.9. The normalized spacial score (nSPS) is 18.1. The van der Waals surface area contributed by atoms with Gasteiger partial charge in [0.1, 0.15) is 0 Å². The van der Waals surface area contributed by atoms with E-state index >= 15 is 0 Å². The molecule has 1 aromatic rings. The van der Waals surface area contributed by atoms with E-state index in [1.807, 2.05) is 13.0 Å². The highest BCUT2D eigenvalue weighted by molar-refractivity contribution is 5.47. The van der Waals surface area contributed by atoms with Gasteiger partial charge in [0.15, 0.2) is 0 Å². The van der Waals surface area contributed by atoms with E-state index in [1.54, 1.807) is 0 Å². The zero-order chi connectivity index (χ0) is 10.7. The van der Waals surface area contributed by atoms with Crippen molar-refractivity contribution >= 4 is 5.69 Å². The van der Waals surface area contributed by atoms with Gasteiger partial charge in [-0.1, -0.05) is 12.0 Å². The number of fused-ring (bicyclic) bond motifs is 1. The second-order valence-corrected chi connectivity index (χ2v) is 3.86. The van der Waals surface area contributed by atoms with Crippen molar-refractivity contribution in [3.63, 3.8) is 0 Å². The van der Waals surface area contributed by atoms with Crippen molar-refractivity contribution in [2.24, 2.45) is 0 Å². The van der Waals surface area contributed by atoms with Crippen LogP contribution in [0.4, 0.5) is 5.69 Å². The molecule has 1 aliphatic rings. The third kappa shape index (κ3) is 2.14. The third-order valence-electron chi connectivity index (χ3n) is 2.86. The van der Waals surface area contributed by atoms with E-state index in [-0.39, 0.29) is 0 Å². The molecule has 0 saturated carbocycles. The molecule has 0 aliphatic heterocycles. The predicted octanol–water partition coefficient (Wildman–Crippen LogP) is 1.87. The molecule has 0 radical (unpaired) electrons. The number of nitrogens with two attached hydrogens (primary N) is 1. The second kappa shape index (κ2) is 4.37. The van der Waals surface area contributed by atoms with Gasteiger partial charge in [-0.25, -0.2) is 0 Å². The Labute approximate surface area is 90.9 Å². The summed E-state index contributed by atoms with van der Waals surface area (Å²) >= 11 is 0. The Bertz CT molecular complexity index is 412. The lowest BCUT2D eigenvalue weighted by molar-refractivity contribution is 0.568. The van der Waals surface area contributed by atoms with Gasteiger partial charge in [-0.2, -0.15) is 0 Å². The molecule has 1 aromatic carbocycles. The minimum absolute atomic E-state index is 0.460. The van der Waals surface area contributed by atoms with Crippen molar-refractivity contribution in [3.8, 4) is 11.8 Å². The summed E-state index contributed by atoms with van der Waals surface area (Å²) < 4.78 is 0. The van der Waals surface area contributed by atoms with Gasteiger partial charge in [0.2, 0.25) is 0 Å². The largest absolute Gasteiger partial charge is 0.399 e. The van der Waals surface area contributed by atoms with Crippen LogP contribution < -0.4 is 11.1 Å². The van der Waals surface area contributed by atoms with Crippen LogP contribution in [-0.4, -0.2) is 6.54 Å². The minimum Gasteiger partial charge on any atom is -0.399 e. The summed E-state index contributed by atoms with van der Waals surface area (Å²) in [5.74, 6) is 5.92. The molecule has 0 fully saturated rings. The van der Waals surface area contributed by atoms with Gasteiger partial charge < -0.3 is 5.73 Å². The Morgan fingerprint density at radius 1 is 1.53 bits per heavy atom. The van der Waals surface area contributed by atoms with E-state index in [9.17, 15) is 0 Å². The highest BCUT2D eigenvalue weighted by Gasteiger charge is 2.21. The van der Waals surface area contributed by atoms with Crippen LogP contribution in [0.25, 0.3) is 0 Å². The second-order valence-electron chi connectivity index (χ2n) is 3.86. The summed E-state index contributed by atoms with van der Waals surface area (Å²) in [6.07, 6.45) is 2.28. The van der Waals surface area contributed by atoms with Crippen LogP contribution in [0.3, 0.4) is 0 Å². The van der Waals surface area contributed by atoms with Gasteiger partial charge >= 0.3 is 0 Å². The number of aryl methyl sites for hydroxylation is 1. The smallest absolute Gasteiger partial charge is 0.0581 e. The molecule has 0 heterocycles. The molecule has 0 aromatic heterocycles. The molecule has 78 valence electrons. The minimum atomic E-state index is 0.460. The first-order chi connectivity index (χ1) is 7.31. The molecule has 2 heteroatoms. The standard InChI is InChI=1S/C13H16N2/c1-2-3-8-15-13-7-4-10-9-11(14)5-6-12(10)13/h5-6,9,13,15H,4,7-8,14H2,1H3. The summed E-state index contributed by atoms with van der Waals surface area (Å²) in [5.41, 5.74) is 9.40. The fourth-order valence-electron chi connectivity index (χ4n) is 2.11. The molecule has 0 spiro atoms. The topological polar surface area (TPSA) is 38.0 Å². The van der Waals surface area contributed by atoms with Crippen LogP contribution in [0.1, 0.15) is 30.5 Å². The van der Waals surface area contributed by atoms with E-state index in [1.165, 1.54) is 11.1 Å². The number of hydrogen-bond acceptors (Lipinski definition) is 2. The van der Waals surface area contributed by atoms with Gasteiger partial charge in [-0.05, 0) is 43.0 Å². The summed E-state index contributed by atoms with van der Waals surface area (Å²) in [6, 6.07) is 6.66. The van der Waals surface area contributed by atoms with E-state index < -0.39 is 0 Å². The van der Waals surface area contributed by atoms with Crippen molar-refractivity contribution in [2.75, 3.05) is 12.3 Å². The lowest BCUT2D eigenvalue weighted by Crippen LogP contribution is -2.19. The van der Waals surface area contributed by atoms with Crippen LogP contribution in [-0.2, 0) is 6.42 Å². The number of rotatable bonds is 2. The van der Waals surface area contributed by atoms with Gasteiger partial charge in [-0.3, -0.25) is 5.32 Å². The van der Waals surface area contributed by atoms with Crippen molar-refractivity contribution in [3.05, 3.63) is 29.3 Å². The lowest BCUT2D eigenvalue weighted by Gasteiger charge is -2.11. The van der Waals surface area contributed by atoms with Gasteiger partial charge in [0, 0.05) is 11.7 Å². The molecular formula is C13H16N2. The predicted molar refractivity (Wildman–Crippen MR) is 63.4 cm³/mol. The maximum Gasteiger partial charge on any atom is 0.0581 e. The maximum atomic E-state index is 5.76. The first kappa shape index (κ1) is 10.1. The van der Waals surface area contributed by atoms with Crippen LogP contribution in [0, 0.1) is 11.8 Å². The summed E-state index contributed by atoms with van der Waals surface area (Å²) in [6.45, 7) is 2.63. The Morgan fingerprint density at radius 2 is 2.40 bits per heavy atom. The number of anilines is 1. The zero-order valence-corrected chi connectivity index (χ0v) is 9.01. The molecule has 2 rings (SSSR count). The van der Waals surface area contributed by atoms with Gasteiger partial charge in [-0.15, -0.1) is 5.92 Å². The molecule has 1 aliphatic carbocycles. The first-order valence-electron chi connectivity index (χ1n) is 5.32. The van der Waals surface area contributed by atoms with E-state index in [0.717, 1.165) is 25.1 Å². The molecule has 0 saturated heterocycles. The Morgan fingerprint density at radius 3 is 3.20 bits per heavy atom. The van der Waals surface area contributed by atoms with Crippen molar-refractivity contribution < 1.29 is 0 Å². The summed E-state index contributed by atoms with van der Waals surface area (Å²) in [5, 5.41) is 3.44. The van der Waals surface area contributed by atoms with Crippen molar-refractivity contribution in [1.29, 1.82) is 0 Å². The molecule has 2 nitrogen and oxygen atoms in total. The molecule has 0 bridgehead atoms.